The maximum absolute atomic E-state index is 12.1. The van der Waals surface area contributed by atoms with Crippen LogP contribution in [-0.2, 0) is 6.54 Å². The minimum Gasteiger partial charge on any atom is -0.459 e. The lowest BCUT2D eigenvalue weighted by Gasteiger charge is -2.15. The molecule has 0 bridgehead atoms. The van der Waals surface area contributed by atoms with Gasteiger partial charge in [-0.15, -0.1) is 24.0 Å². The molecule has 1 amide bonds. The molecular formula is C22H27IN4O2S. The first-order chi connectivity index (χ1) is 14.2. The molecule has 30 heavy (non-hydrogen) atoms. The van der Waals surface area contributed by atoms with Gasteiger partial charge in [0.2, 0.25) is 0 Å². The van der Waals surface area contributed by atoms with Crippen molar-refractivity contribution in [1.29, 1.82) is 0 Å². The number of halogens is 1. The molecule has 0 saturated heterocycles. The topological polar surface area (TPSA) is 78.7 Å². The number of hydrogen-bond donors (Lipinski definition) is 3. The fourth-order valence-corrected chi connectivity index (χ4v) is 3.57. The SMILES string of the molecule is CCNC(=NCc1cccc(NC(=O)c2ccco2)c1)NCC(C)c1ccsc1.I. The van der Waals surface area contributed by atoms with Crippen LogP contribution in [0.25, 0.3) is 0 Å². The molecule has 3 rings (SSSR count). The lowest BCUT2D eigenvalue weighted by atomic mass is 10.1. The number of carbonyl (C=O) groups is 1. The molecule has 6 nitrogen and oxygen atoms in total. The van der Waals surface area contributed by atoms with Gasteiger partial charge in [-0.3, -0.25) is 4.79 Å². The number of nitrogens with zero attached hydrogens (tertiary/aromatic N) is 1. The average Bonchev–Trinajstić information content (AvgIpc) is 3.44. The van der Waals surface area contributed by atoms with Gasteiger partial charge in [0.25, 0.3) is 5.91 Å². The van der Waals surface area contributed by atoms with Crippen LogP contribution in [0.5, 0.6) is 0 Å². The van der Waals surface area contributed by atoms with E-state index in [1.54, 1.807) is 23.5 Å². The van der Waals surface area contributed by atoms with Gasteiger partial charge >= 0.3 is 0 Å². The van der Waals surface area contributed by atoms with Gasteiger partial charge in [0.15, 0.2) is 11.7 Å². The summed E-state index contributed by atoms with van der Waals surface area (Å²) in [5.41, 5.74) is 3.05. The standard InChI is InChI=1S/C22H26N4O2S.HI/c1-3-23-22(24-13-16(2)18-9-11-29-15-18)25-14-17-6-4-7-19(12-17)26-21(27)20-8-5-10-28-20;/h4-12,15-16H,3,13-14H2,1-2H3,(H,26,27)(H2,23,24,25);1H. The molecule has 0 aliphatic carbocycles. The van der Waals surface area contributed by atoms with E-state index in [-0.39, 0.29) is 35.6 Å². The van der Waals surface area contributed by atoms with Gasteiger partial charge in [-0.25, -0.2) is 4.99 Å². The van der Waals surface area contributed by atoms with Crippen LogP contribution >= 0.6 is 35.3 Å². The van der Waals surface area contributed by atoms with E-state index in [1.165, 1.54) is 11.8 Å². The average molecular weight is 538 g/mol. The minimum atomic E-state index is -0.270. The summed E-state index contributed by atoms with van der Waals surface area (Å²) >= 11 is 1.72. The first-order valence-electron chi connectivity index (χ1n) is 9.63. The number of anilines is 1. The monoisotopic (exact) mass is 538 g/mol. The number of amides is 1. The molecule has 3 N–H and O–H groups in total. The Labute approximate surface area is 198 Å². The minimum absolute atomic E-state index is 0. The van der Waals surface area contributed by atoms with Gasteiger partial charge in [0, 0.05) is 18.8 Å². The zero-order valence-electron chi connectivity index (χ0n) is 17.1. The molecule has 0 spiro atoms. The Morgan fingerprint density at radius 3 is 2.77 bits per heavy atom. The highest BCUT2D eigenvalue weighted by atomic mass is 127. The number of furan rings is 1. The van der Waals surface area contributed by atoms with Gasteiger partial charge in [-0.2, -0.15) is 11.3 Å². The van der Waals surface area contributed by atoms with Crippen molar-refractivity contribution in [3.63, 3.8) is 0 Å². The first-order valence-corrected chi connectivity index (χ1v) is 10.6. The lowest BCUT2D eigenvalue weighted by molar-refractivity contribution is 0.0996. The lowest BCUT2D eigenvalue weighted by Crippen LogP contribution is -2.39. The number of guanidine groups is 1. The van der Waals surface area contributed by atoms with E-state index in [4.69, 9.17) is 4.42 Å². The number of benzene rings is 1. The van der Waals surface area contributed by atoms with Crippen LogP contribution in [0.4, 0.5) is 5.69 Å². The first kappa shape index (κ1) is 23.9. The van der Waals surface area contributed by atoms with Gasteiger partial charge < -0.3 is 20.4 Å². The summed E-state index contributed by atoms with van der Waals surface area (Å²) in [6.07, 6.45) is 1.48. The van der Waals surface area contributed by atoms with E-state index in [0.29, 0.717) is 18.2 Å². The van der Waals surface area contributed by atoms with E-state index < -0.39 is 0 Å². The Hall–Kier alpha value is -2.33. The highest BCUT2D eigenvalue weighted by Crippen LogP contribution is 2.17. The molecule has 1 atom stereocenters. The second-order valence-corrected chi connectivity index (χ2v) is 7.45. The van der Waals surface area contributed by atoms with E-state index in [1.807, 2.05) is 31.2 Å². The second-order valence-electron chi connectivity index (χ2n) is 6.67. The third-order valence-electron chi connectivity index (χ3n) is 4.38. The van der Waals surface area contributed by atoms with Crippen molar-refractivity contribution in [1.82, 2.24) is 10.6 Å². The number of rotatable bonds is 8. The molecule has 2 aromatic heterocycles. The molecule has 1 unspecified atom stereocenters. The molecule has 0 saturated carbocycles. The highest BCUT2D eigenvalue weighted by Gasteiger charge is 2.09. The van der Waals surface area contributed by atoms with E-state index in [2.05, 4.69) is 44.7 Å². The zero-order chi connectivity index (χ0) is 20.5. The smallest absolute Gasteiger partial charge is 0.291 e. The molecule has 8 heteroatoms. The molecule has 2 heterocycles. The third-order valence-corrected chi connectivity index (χ3v) is 5.08. The number of carbonyl (C=O) groups excluding carboxylic acids is 1. The molecule has 160 valence electrons. The van der Waals surface area contributed by atoms with Crippen molar-refractivity contribution in [2.75, 3.05) is 18.4 Å². The maximum atomic E-state index is 12.1. The fourth-order valence-electron chi connectivity index (χ4n) is 2.78. The molecule has 3 aromatic rings. The molecule has 0 fully saturated rings. The predicted octanol–water partition coefficient (Wildman–Crippen LogP) is 5.07. The molecule has 0 aliphatic heterocycles. The van der Waals surface area contributed by atoms with Crippen LogP contribution in [0.3, 0.4) is 0 Å². The van der Waals surface area contributed by atoms with E-state index >= 15 is 0 Å². The largest absolute Gasteiger partial charge is 0.459 e. The summed E-state index contributed by atoms with van der Waals surface area (Å²) in [6, 6.07) is 13.1. The van der Waals surface area contributed by atoms with Crippen LogP contribution < -0.4 is 16.0 Å². The quantitative estimate of drug-likeness (QED) is 0.213. The summed E-state index contributed by atoms with van der Waals surface area (Å²) in [4.78, 5) is 16.8. The zero-order valence-corrected chi connectivity index (χ0v) is 20.2. The van der Waals surface area contributed by atoms with Crippen molar-refractivity contribution in [3.05, 3.63) is 76.4 Å². The Bertz CT molecular complexity index is 927. The number of hydrogen-bond acceptors (Lipinski definition) is 4. The molecule has 0 aliphatic rings. The van der Waals surface area contributed by atoms with Gasteiger partial charge in [-0.05, 0) is 65.1 Å². The Morgan fingerprint density at radius 1 is 1.20 bits per heavy atom. The van der Waals surface area contributed by atoms with Crippen molar-refractivity contribution >= 4 is 52.9 Å². The van der Waals surface area contributed by atoms with Gasteiger partial charge in [-0.1, -0.05) is 19.1 Å². The Morgan fingerprint density at radius 2 is 2.07 bits per heavy atom. The summed E-state index contributed by atoms with van der Waals surface area (Å²) in [5.74, 6) is 1.20. The second kappa shape index (κ2) is 12.4. The predicted molar refractivity (Wildman–Crippen MR) is 134 cm³/mol. The van der Waals surface area contributed by atoms with Crippen LogP contribution in [0.1, 0.15) is 41.4 Å². The van der Waals surface area contributed by atoms with Crippen LogP contribution in [0.2, 0.25) is 0 Å². The fraction of sp³-hybridized carbons (Fsp3) is 0.273. The summed E-state index contributed by atoms with van der Waals surface area (Å²) < 4.78 is 5.13. The van der Waals surface area contributed by atoms with Crippen molar-refractivity contribution in [2.45, 2.75) is 26.3 Å². The van der Waals surface area contributed by atoms with Gasteiger partial charge in [0.1, 0.15) is 0 Å². The molecule has 0 radical (unpaired) electrons. The highest BCUT2D eigenvalue weighted by molar-refractivity contribution is 14.0. The van der Waals surface area contributed by atoms with Crippen LogP contribution in [0, 0.1) is 0 Å². The summed E-state index contributed by atoms with van der Waals surface area (Å²) in [5, 5.41) is 13.8. The number of aliphatic imine (C=N–C) groups is 1. The van der Waals surface area contributed by atoms with Crippen molar-refractivity contribution in [3.8, 4) is 0 Å². The van der Waals surface area contributed by atoms with Crippen molar-refractivity contribution in [2.24, 2.45) is 4.99 Å². The number of thiophene rings is 1. The van der Waals surface area contributed by atoms with Crippen LogP contribution in [0.15, 0.2) is 68.9 Å². The van der Waals surface area contributed by atoms with Gasteiger partial charge in [0.05, 0.1) is 12.8 Å². The normalized spacial score (nSPS) is 12.0. The summed E-state index contributed by atoms with van der Waals surface area (Å²) in [6.45, 7) is 6.35. The van der Waals surface area contributed by atoms with Crippen LogP contribution in [-0.4, -0.2) is 25.0 Å². The summed E-state index contributed by atoms with van der Waals surface area (Å²) in [7, 11) is 0. The third kappa shape index (κ3) is 7.17. The Balaban J connectivity index is 0.00000320. The number of nitrogens with one attached hydrogen (secondary N) is 3. The molecular weight excluding hydrogens is 511 g/mol. The Kier molecular flexibility index (Phi) is 9.88. The maximum Gasteiger partial charge on any atom is 0.291 e. The van der Waals surface area contributed by atoms with E-state index in [9.17, 15) is 4.79 Å². The van der Waals surface area contributed by atoms with E-state index in [0.717, 1.165) is 24.6 Å². The van der Waals surface area contributed by atoms with Crippen molar-refractivity contribution < 1.29 is 9.21 Å². The molecule has 1 aromatic carbocycles.